The van der Waals surface area contributed by atoms with Gasteiger partial charge in [-0.05, 0) is 25.8 Å². The van der Waals surface area contributed by atoms with Gasteiger partial charge in [0.1, 0.15) is 5.69 Å². The van der Waals surface area contributed by atoms with E-state index in [9.17, 15) is 9.59 Å². The van der Waals surface area contributed by atoms with E-state index in [2.05, 4.69) is 10.4 Å². The molecule has 6 heteroatoms. The molecule has 2 rings (SSSR count). The first kappa shape index (κ1) is 13.6. The van der Waals surface area contributed by atoms with Gasteiger partial charge in [0.15, 0.2) is 0 Å². The molecule has 0 saturated carbocycles. The molecule has 1 aromatic rings. The maximum Gasteiger partial charge on any atom is 0.271 e. The summed E-state index contributed by atoms with van der Waals surface area (Å²) >= 11 is 0. The molecule has 0 radical (unpaired) electrons. The van der Waals surface area contributed by atoms with Gasteiger partial charge in [0.2, 0.25) is 5.91 Å². The van der Waals surface area contributed by atoms with Crippen LogP contribution in [0.4, 0.5) is 0 Å². The van der Waals surface area contributed by atoms with Crippen molar-refractivity contribution in [2.24, 2.45) is 7.05 Å². The minimum Gasteiger partial charge on any atom is -0.351 e. The zero-order valence-electron chi connectivity index (χ0n) is 11.5. The molecular formula is C13H20N4O2. The normalized spacial score (nSPS) is 15.1. The molecule has 0 atom stereocenters. The van der Waals surface area contributed by atoms with Crippen molar-refractivity contribution in [1.29, 1.82) is 0 Å². The van der Waals surface area contributed by atoms with Crippen LogP contribution in [0, 0.1) is 6.92 Å². The molecule has 0 aliphatic carbocycles. The van der Waals surface area contributed by atoms with E-state index in [0.29, 0.717) is 18.7 Å². The van der Waals surface area contributed by atoms with Crippen LogP contribution < -0.4 is 5.32 Å². The summed E-state index contributed by atoms with van der Waals surface area (Å²) in [6.07, 6.45) is 2.40. The summed E-state index contributed by atoms with van der Waals surface area (Å²) in [5, 5.41) is 6.94. The average Bonchev–Trinajstić information content (AvgIpc) is 2.92. The Morgan fingerprint density at radius 1 is 1.53 bits per heavy atom. The highest BCUT2D eigenvalue weighted by Gasteiger charge is 2.19. The quantitative estimate of drug-likeness (QED) is 0.786. The number of rotatable bonds is 5. The molecule has 1 aliphatic heterocycles. The summed E-state index contributed by atoms with van der Waals surface area (Å²) in [5.41, 5.74) is 1.39. The Hall–Kier alpha value is -1.85. The maximum atomic E-state index is 11.8. The van der Waals surface area contributed by atoms with Crippen molar-refractivity contribution >= 4 is 11.8 Å². The number of amides is 2. The predicted octanol–water partition coefficient (Wildman–Crippen LogP) is 0.471. The van der Waals surface area contributed by atoms with Crippen LogP contribution in [0.15, 0.2) is 6.07 Å². The van der Waals surface area contributed by atoms with E-state index in [1.54, 1.807) is 10.7 Å². The fourth-order valence-electron chi connectivity index (χ4n) is 2.17. The van der Waals surface area contributed by atoms with Crippen LogP contribution in [0.1, 0.15) is 35.4 Å². The van der Waals surface area contributed by atoms with Crippen molar-refractivity contribution in [3.05, 3.63) is 17.5 Å². The highest BCUT2D eigenvalue weighted by atomic mass is 16.2. The fraction of sp³-hybridized carbons (Fsp3) is 0.615. The van der Waals surface area contributed by atoms with Crippen LogP contribution in [0.25, 0.3) is 0 Å². The Balaban J connectivity index is 1.70. The molecule has 104 valence electrons. The van der Waals surface area contributed by atoms with E-state index < -0.39 is 0 Å². The van der Waals surface area contributed by atoms with Crippen molar-refractivity contribution in [2.75, 3.05) is 19.6 Å². The minimum atomic E-state index is -0.156. The van der Waals surface area contributed by atoms with Gasteiger partial charge in [-0.15, -0.1) is 0 Å². The Kier molecular flexibility index (Phi) is 4.19. The van der Waals surface area contributed by atoms with Gasteiger partial charge in [0, 0.05) is 38.8 Å². The lowest BCUT2D eigenvalue weighted by molar-refractivity contribution is -0.127. The number of carbonyl (C=O) groups excluding carboxylic acids is 2. The lowest BCUT2D eigenvalue weighted by Gasteiger charge is -2.14. The van der Waals surface area contributed by atoms with E-state index in [1.165, 1.54) is 0 Å². The molecule has 19 heavy (non-hydrogen) atoms. The zero-order valence-corrected chi connectivity index (χ0v) is 11.5. The second-order valence-corrected chi connectivity index (χ2v) is 4.89. The second-order valence-electron chi connectivity index (χ2n) is 4.89. The van der Waals surface area contributed by atoms with Crippen molar-refractivity contribution in [3.8, 4) is 0 Å². The average molecular weight is 264 g/mol. The molecule has 0 bridgehead atoms. The van der Waals surface area contributed by atoms with Crippen LogP contribution >= 0.6 is 0 Å². The summed E-state index contributed by atoms with van der Waals surface area (Å²) in [5.74, 6) is 0.0723. The summed E-state index contributed by atoms with van der Waals surface area (Å²) in [6, 6.07) is 1.76. The van der Waals surface area contributed by atoms with Gasteiger partial charge in [-0.3, -0.25) is 14.3 Å². The lowest BCUT2D eigenvalue weighted by Crippen LogP contribution is -2.30. The summed E-state index contributed by atoms with van der Waals surface area (Å²) < 4.78 is 1.68. The van der Waals surface area contributed by atoms with Gasteiger partial charge in [-0.2, -0.15) is 5.10 Å². The number of hydrogen-bond acceptors (Lipinski definition) is 3. The number of carbonyl (C=O) groups is 2. The van der Waals surface area contributed by atoms with Gasteiger partial charge in [-0.25, -0.2) is 0 Å². The van der Waals surface area contributed by atoms with Crippen molar-refractivity contribution in [3.63, 3.8) is 0 Å². The number of nitrogens with zero attached hydrogens (tertiary/aromatic N) is 3. The summed E-state index contributed by atoms with van der Waals surface area (Å²) in [7, 11) is 1.81. The molecule has 2 heterocycles. The number of aryl methyl sites for hydroxylation is 2. The van der Waals surface area contributed by atoms with Gasteiger partial charge in [0.25, 0.3) is 5.91 Å². The third-order valence-electron chi connectivity index (χ3n) is 3.41. The smallest absolute Gasteiger partial charge is 0.271 e. The Morgan fingerprint density at radius 3 is 2.89 bits per heavy atom. The van der Waals surface area contributed by atoms with E-state index in [0.717, 1.165) is 31.6 Å². The fourth-order valence-corrected chi connectivity index (χ4v) is 2.17. The molecule has 2 amide bonds. The molecule has 6 nitrogen and oxygen atoms in total. The minimum absolute atomic E-state index is 0.156. The highest BCUT2D eigenvalue weighted by molar-refractivity contribution is 5.92. The number of hydrogen-bond donors (Lipinski definition) is 1. The first-order valence-corrected chi connectivity index (χ1v) is 6.64. The first-order valence-electron chi connectivity index (χ1n) is 6.64. The SMILES string of the molecule is Cc1cc(C(=O)NCCCN2CCCC2=O)nn1C. The zero-order chi connectivity index (χ0) is 13.8. The van der Waals surface area contributed by atoms with Crippen molar-refractivity contribution < 1.29 is 9.59 Å². The van der Waals surface area contributed by atoms with Crippen LogP contribution in [-0.2, 0) is 11.8 Å². The largest absolute Gasteiger partial charge is 0.351 e. The summed E-state index contributed by atoms with van der Waals surface area (Å²) in [6.45, 7) is 4.05. The standard InChI is InChI=1S/C13H20N4O2/c1-10-9-11(15-16(10)2)13(19)14-6-4-8-17-7-3-5-12(17)18/h9H,3-8H2,1-2H3,(H,14,19). The molecule has 1 aliphatic rings. The predicted molar refractivity (Wildman–Crippen MR) is 70.7 cm³/mol. The number of likely N-dealkylation sites (tertiary alicyclic amines) is 1. The Morgan fingerprint density at radius 2 is 2.32 bits per heavy atom. The van der Waals surface area contributed by atoms with Gasteiger partial charge >= 0.3 is 0 Å². The van der Waals surface area contributed by atoms with E-state index in [4.69, 9.17) is 0 Å². The molecular weight excluding hydrogens is 244 g/mol. The topological polar surface area (TPSA) is 67.2 Å². The number of aromatic nitrogens is 2. The Bertz CT molecular complexity index is 461. The third kappa shape index (κ3) is 3.33. The molecule has 0 unspecified atom stereocenters. The van der Waals surface area contributed by atoms with Crippen LogP contribution in [0.2, 0.25) is 0 Å². The molecule has 1 saturated heterocycles. The van der Waals surface area contributed by atoms with Crippen LogP contribution in [0.3, 0.4) is 0 Å². The molecule has 1 aromatic heterocycles. The van der Waals surface area contributed by atoms with Crippen molar-refractivity contribution in [2.45, 2.75) is 26.2 Å². The summed E-state index contributed by atoms with van der Waals surface area (Å²) in [4.78, 5) is 25.1. The third-order valence-corrected chi connectivity index (χ3v) is 3.41. The molecule has 1 N–H and O–H groups in total. The van der Waals surface area contributed by atoms with Gasteiger partial charge in [-0.1, -0.05) is 0 Å². The lowest BCUT2D eigenvalue weighted by atomic mass is 10.3. The van der Waals surface area contributed by atoms with Gasteiger partial charge < -0.3 is 10.2 Å². The van der Waals surface area contributed by atoms with Crippen molar-refractivity contribution in [1.82, 2.24) is 20.0 Å². The highest BCUT2D eigenvalue weighted by Crippen LogP contribution is 2.09. The van der Waals surface area contributed by atoms with Crippen LogP contribution in [-0.4, -0.2) is 46.1 Å². The number of nitrogens with one attached hydrogen (secondary N) is 1. The first-order chi connectivity index (χ1) is 9.08. The van der Waals surface area contributed by atoms with E-state index >= 15 is 0 Å². The monoisotopic (exact) mass is 264 g/mol. The molecule has 0 aromatic carbocycles. The second kappa shape index (κ2) is 5.86. The Labute approximate surface area is 112 Å². The molecule has 0 spiro atoms. The molecule has 1 fully saturated rings. The maximum absolute atomic E-state index is 11.8. The van der Waals surface area contributed by atoms with Crippen LogP contribution in [0.5, 0.6) is 0 Å². The van der Waals surface area contributed by atoms with E-state index in [1.807, 2.05) is 18.9 Å². The van der Waals surface area contributed by atoms with Gasteiger partial charge in [0.05, 0.1) is 0 Å². The van der Waals surface area contributed by atoms with E-state index in [-0.39, 0.29) is 11.8 Å².